The Hall–Kier alpha value is -3.62. The summed E-state index contributed by atoms with van der Waals surface area (Å²) in [5.41, 5.74) is 1.93. The highest BCUT2D eigenvalue weighted by atomic mass is 16.5. The first kappa shape index (κ1) is 18.7. The normalized spacial score (nSPS) is 12.6. The summed E-state index contributed by atoms with van der Waals surface area (Å²) in [6.07, 6.45) is 0. The molecule has 4 rings (SSSR count). The number of aromatic nitrogens is 5. The van der Waals surface area contributed by atoms with Crippen LogP contribution in [0, 0.1) is 13.8 Å². The molecule has 3 aromatic heterocycles. The molecule has 0 bridgehead atoms. The molecule has 0 aliphatic rings. The van der Waals surface area contributed by atoms with Crippen LogP contribution in [0.15, 0.2) is 39.9 Å². The first-order chi connectivity index (χ1) is 13.8. The number of carbonyl (C=O) groups is 1. The first-order valence-corrected chi connectivity index (χ1v) is 9.14. The van der Waals surface area contributed by atoms with Gasteiger partial charge < -0.3 is 4.74 Å². The molecule has 4 aromatic rings. The second-order valence-corrected chi connectivity index (χ2v) is 6.98. The van der Waals surface area contributed by atoms with E-state index >= 15 is 0 Å². The second-order valence-electron chi connectivity index (χ2n) is 6.98. The summed E-state index contributed by atoms with van der Waals surface area (Å²) in [5, 5.41) is 0. The maximum atomic E-state index is 13.3. The smallest absolute Gasteiger partial charge is 0.333 e. The van der Waals surface area contributed by atoms with Crippen molar-refractivity contribution in [2.75, 3.05) is 7.11 Å². The molecule has 1 atom stereocenters. The minimum absolute atomic E-state index is 0.244. The van der Waals surface area contributed by atoms with E-state index in [1.54, 1.807) is 4.40 Å². The molecule has 3 heterocycles. The van der Waals surface area contributed by atoms with Crippen LogP contribution in [0.25, 0.3) is 22.6 Å². The Balaban J connectivity index is 2.18. The van der Waals surface area contributed by atoms with Gasteiger partial charge in [-0.3, -0.25) is 18.3 Å². The van der Waals surface area contributed by atoms with Crippen molar-refractivity contribution in [3.63, 3.8) is 0 Å². The van der Waals surface area contributed by atoms with Gasteiger partial charge in [0.15, 0.2) is 11.2 Å². The van der Waals surface area contributed by atoms with Crippen molar-refractivity contribution in [3.05, 3.63) is 62.6 Å². The third kappa shape index (κ3) is 2.47. The van der Waals surface area contributed by atoms with E-state index in [0.717, 1.165) is 21.6 Å². The van der Waals surface area contributed by atoms with Gasteiger partial charge in [-0.15, -0.1) is 0 Å². The summed E-state index contributed by atoms with van der Waals surface area (Å²) in [6.45, 7) is 5.30. The second kappa shape index (κ2) is 6.47. The summed E-state index contributed by atoms with van der Waals surface area (Å²) in [4.78, 5) is 42.8. The van der Waals surface area contributed by atoms with Gasteiger partial charge >= 0.3 is 11.7 Å². The molecule has 150 valence electrons. The molecule has 1 unspecified atom stereocenters. The quantitative estimate of drug-likeness (QED) is 0.490. The molecule has 0 amide bonds. The van der Waals surface area contributed by atoms with Crippen molar-refractivity contribution in [2.24, 2.45) is 7.05 Å². The van der Waals surface area contributed by atoms with Gasteiger partial charge in [0.05, 0.1) is 7.11 Å². The SMILES string of the molecule is COC(=O)C(C)n1c(=O)c2c(nc3n(-c4ccccc4)c(C)c(C)n23)n(C)c1=O. The van der Waals surface area contributed by atoms with Crippen molar-refractivity contribution in [2.45, 2.75) is 26.8 Å². The number of para-hydroxylation sites is 1. The van der Waals surface area contributed by atoms with Crippen LogP contribution >= 0.6 is 0 Å². The van der Waals surface area contributed by atoms with Gasteiger partial charge in [-0.2, -0.15) is 4.98 Å². The molecule has 0 N–H and O–H groups in total. The Morgan fingerprint density at radius 1 is 1.10 bits per heavy atom. The predicted octanol–water partition coefficient (Wildman–Crippen LogP) is 1.49. The van der Waals surface area contributed by atoms with E-state index < -0.39 is 23.3 Å². The molecule has 0 fully saturated rings. The minimum atomic E-state index is -1.06. The number of fused-ring (bicyclic) bond motifs is 3. The van der Waals surface area contributed by atoms with Gasteiger partial charge in [0.1, 0.15) is 6.04 Å². The number of benzene rings is 1. The lowest BCUT2D eigenvalue weighted by Gasteiger charge is -2.13. The van der Waals surface area contributed by atoms with Gasteiger partial charge in [-0.1, -0.05) is 18.2 Å². The molecule has 29 heavy (non-hydrogen) atoms. The number of methoxy groups -OCH3 is 1. The lowest BCUT2D eigenvalue weighted by molar-refractivity contribution is -0.144. The molecule has 0 saturated carbocycles. The Morgan fingerprint density at radius 3 is 2.38 bits per heavy atom. The standard InChI is InChI=1S/C20H21N5O4/c1-11-12(2)24-15-16(21-19(24)23(11)14-9-7-6-8-10-14)22(4)20(28)25(17(15)26)13(3)18(27)29-5/h6-10,13H,1-5H3. The van der Waals surface area contributed by atoms with Gasteiger partial charge in [-0.05, 0) is 32.9 Å². The highest BCUT2D eigenvalue weighted by Gasteiger charge is 2.27. The zero-order valence-electron chi connectivity index (χ0n) is 16.8. The third-order valence-electron chi connectivity index (χ3n) is 5.41. The molecule has 0 aliphatic carbocycles. The maximum absolute atomic E-state index is 13.3. The van der Waals surface area contributed by atoms with Gasteiger partial charge in [0, 0.05) is 24.1 Å². The molecule has 9 nitrogen and oxygen atoms in total. The van der Waals surface area contributed by atoms with Crippen LogP contribution in [0.4, 0.5) is 0 Å². The van der Waals surface area contributed by atoms with Crippen LogP contribution in [0.3, 0.4) is 0 Å². The van der Waals surface area contributed by atoms with E-state index in [0.29, 0.717) is 5.78 Å². The lowest BCUT2D eigenvalue weighted by atomic mass is 10.3. The van der Waals surface area contributed by atoms with Gasteiger partial charge in [-0.25, -0.2) is 14.2 Å². The van der Waals surface area contributed by atoms with Crippen molar-refractivity contribution in [3.8, 4) is 5.69 Å². The summed E-state index contributed by atoms with van der Waals surface area (Å²) in [5.74, 6) is -0.143. The zero-order chi connectivity index (χ0) is 21.0. The van der Waals surface area contributed by atoms with Crippen LogP contribution in [-0.2, 0) is 16.6 Å². The van der Waals surface area contributed by atoms with E-state index in [4.69, 9.17) is 4.74 Å². The largest absolute Gasteiger partial charge is 0.467 e. The van der Waals surface area contributed by atoms with E-state index in [2.05, 4.69) is 4.98 Å². The van der Waals surface area contributed by atoms with E-state index in [9.17, 15) is 14.4 Å². The van der Waals surface area contributed by atoms with Gasteiger partial charge in [0.2, 0.25) is 5.78 Å². The summed E-state index contributed by atoms with van der Waals surface area (Å²) in [7, 11) is 2.75. The Bertz CT molecular complexity index is 1390. The number of ether oxygens (including phenoxy) is 1. The Labute approximate surface area is 165 Å². The van der Waals surface area contributed by atoms with Crippen molar-refractivity contribution in [1.82, 2.24) is 23.1 Å². The first-order valence-electron chi connectivity index (χ1n) is 9.14. The molecule has 0 saturated heterocycles. The van der Waals surface area contributed by atoms with Gasteiger partial charge in [0.25, 0.3) is 5.56 Å². The van der Waals surface area contributed by atoms with Crippen LogP contribution in [0.2, 0.25) is 0 Å². The minimum Gasteiger partial charge on any atom is -0.467 e. The molecular formula is C20H21N5O4. The number of aryl methyl sites for hydroxylation is 2. The molecule has 0 aliphatic heterocycles. The molecule has 9 heteroatoms. The monoisotopic (exact) mass is 395 g/mol. The Kier molecular flexibility index (Phi) is 4.18. The molecule has 0 radical (unpaired) electrons. The van der Waals surface area contributed by atoms with Crippen molar-refractivity contribution >= 4 is 22.9 Å². The third-order valence-corrected chi connectivity index (χ3v) is 5.41. The molecular weight excluding hydrogens is 374 g/mol. The fraction of sp³-hybridized carbons (Fsp3) is 0.300. The van der Waals surface area contributed by atoms with E-state index in [1.165, 1.54) is 25.6 Å². The zero-order valence-corrected chi connectivity index (χ0v) is 16.8. The number of hydrogen-bond acceptors (Lipinski definition) is 5. The average Bonchev–Trinajstić information content (AvgIpc) is 3.22. The number of rotatable bonds is 3. The van der Waals surface area contributed by atoms with E-state index in [-0.39, 0.29) is 11.2 Å². The number of carbonyl (C=O) groups excluding carboxylic acids is 1. The summed E-state index contributed by atoms with van der Waals surface area (Å²) >= 11 is 0. The van der Waals surface area contributed by atoms with Crippen LogP contribution < -0.4 is 11.2 Å². The molecule has 1 aromatic carbocycles. The maximum Gasteiger partial charge on any atom is 0.333 e. The topological polar surface area (TPSA) is 92.5 Å². The number of esters is 1. The fourth-order valence-corrected chi connectivity index (χ4v) is 3.72. The number of hydrogen-bond donors (Lipinski definition) is 0. The van der Waals surface area contributed by atoms with Crippen LogP contribution in [-0.4, -0.2) is 36.2 Å². The fourth-order valence-electron chi connectivity index (χ4n) is 3.72. The molecule has 0 spiro atoms. The summed E-state index contributed by atoms with van der Waals surface area (Å²) in [6, 6.07) is 8.60. The highest BCUT2D eigenvalue weighted by Crippen LogP contribution is 2.24. The van der Waals surface area contributed by atoms with E-state index in [1.807, 2.05) is 48.7 Å². The predicted molar refractivity (Wildman–Crippen MR) is 108 cm³/mol. The van der Waals surface area contributed by atoms with Crippen LogP contribution in [0.1, 0.15) is 24.4 Å². The summed E-state index contributed by atoms with van der Waals surface area (Å²) < 4.78 is 10.6. The average molecular weight is 395 g/mol. The van der Waals surface area contributed by atoms with Crippen molar-refractivity contribution in [1.29, 1.82) is 0 Å². The van der Waals surface area contributed by atoms with Crippen LogP contribution in [0.5, 0.6) is 0 Å². The number of imidazole rings is 2. The highest BCUT2D eigenvalue weighted by molar-refractivity contribution is 5.78. The Morgan fingerprint density at radius 2 is 1.76 bits per heavy atom. The number of nitrogens with zero attached hydrogens (tertiary/aromatic N) is 5. The van der Waals surface area contributed by atoms with Crippen molar-refractivity contribution < 1.29 is 9.53 Å². The lowest BCUT2D eigenvalue weighted by Crippen LogP contribution is -2.43.